The molecule has 1 N–H and O–H groups in total. The van der Waals surface area contributed by atoms with Gasteiger partial charge in [0.15, 0.2) is 0 Å². The lowest BCUT2D eigenvalue weighted by molar-refractivity contribution is 0.0622. The standard InChI is InChI=1S/C21H21ClN4O3/c1-2-9-26-18(15-7-3-4-8-16(15)22)12-25-11-17(24-19(25)21(26)28)20(27)23-14-6-5-10-29-13-14/h2-4,7-8,11-12,14H,1,5-6,9-10,13H2,(H,23,27)/t14-/m0/s1. The van der Waals surface area contributed by atoms with E-state index in [0.29, 0.717) is 36.0 Å². The number of halogens is 1. The largest absolute Gasteiger partial charge is 0.379 e. The average Bonchev–Trinajstić information content (AvgIpc) is 3.16. The topological polar surface area (TPSA) is 77.6 Å². The van der Waals surface area contributed by atoms with Gasteiger partial charge in [-0.25, -0.2) is 4.98 Å². The number of hydrogen-bond donors (Lipinski definition) is 1. The van der Waals surface area contributed by atoms with E-state index in [1.807, 2.05) is 18.2 Å². The maximum atomic E-state index is 13.1. The zero-order valence-electron chi connectivity index (χ0n) is 15.8. The van der Waals surface area contributed by atoms with Crippen LogP contribution in [0.3, 0.4) is 0 Å². The maximum Gasteiger partial charge on any atom is 0.295 e. The Balaban J connectivity index is 1.77. The fourth-order valence-electron chi connectivity index (χ4n) is 3.50. The second-order valence-electron chi connectivity index (χ2n) is 6.94. The molecular weight excluding hydrogens is 392 g/mol. The van der Waals surface area contributed by atoms with Crippen molar-refractivity contribution in [2.75, 3.05) is 13.2 Å². The second kappa shape index (κ2) is 8.23. The number of benzene rings is 1. The monoisotopic (exact) mass is 412 g/mol. The lowest BCUT2D eigenvalue weighted by Crippen LogP contribution is -2.40. The molecule has 1 amide bonds. The van der Waals surface area contributed by atoms with Crippen LogP contribution in [0.5, 0.6) is 0 Å². The third-order valence-electron chi connectivity index (χ3n) is 4.91. The Labute approximate surface area is 172 Å². The molecule has 1 saturated heterocycles. The zero-order chi connectivity index (χ0) is 20.4. The van der Waals surface area contributed by atoms with Crippen molar-refractivity contribution in [2.24, 2.45) is 0 Å². The number of aromatic nitrogens is 3. The SMILES string of the molecule is C=CCn1c(-c2ccccc2Cl)cn2cc(C(=O)N[C@H]3CCCOC3)nc2c1=O. The molecule has 7 nitrogen and oxygen atoms in total. The molecule has 2 aromatic heterocycles. The molecule has 0 unspecified atom stereocenters. The molecule has 1 atom stereocenters. The highest BCUT2D eigenvalue weighted by Gasteiger charge is 2.21. The Morgan fingerprint density at radius 3 is 2.93 bits per heavy atom. The number of rotatable bonds is 5. The molecule has 0 spiro atoms. The number of amides is 1. The van der Waals surface area contributed by atoms with Crippen molar-refractivity contribution in [1.29, 1.82) is 0 Å². The predicted molar refractivity (Wildman–Crippen MR) is 111 cm³/mol. The number of nitrogens with one attached hydrogen (secondary N) is 1. The van der Waals surface area contributed by atoms with E-state index in [4.69, 9.17) is 16.3 Å². The lowest BCUT2D eigenvalue weighted by atomic mass is 10.1. The Kier molecular flexibility index (Phi) is 5.51. The van der Waals surface area contributed by atoms with Gasteiger partial charge in [0.2, 0.25) is 5.65 Å². The molecule has 3 aromatic rings. The summed E-state index contributed by atoms with van der Waals surface area (Å²) in [6, 6.07) is 7.25. The van der Waals surface area contributed by atoms with E-state index in [9.17, 15) is 9.59 Å². The van der Waals surface area contributed by atoms with Crippen molar-refractivity contribution in [3.05, 3.63) is 70.4 Å². The first kappa shape index (κ1) is 19.4. The summed E-state index contributed by atoms with van der Waals surface area (Å²) >= 11 is 6.36. The Morgan fingerprint density at radius 1 is 1.38 bits per heavy atom. The van der Waals surface area contributed by atoms with Crippen LogP contribution >= 0.6 is 11.6 Å². The van der Waals surface area contributed by atoms with Crippen molar-refractivity contribution in [3.8, 4) is 11.3 Å². The Hall–Kier alpha value is -2.90. The summed E-state index contributed by atoms with van der Waals surface area (Å²) in [5.41, 5.74) is 1.39. The first-order valence-corrected chi connectivity index (χ1v) is 9.83. The molecule has 0 saturated carbocycles. The highest BCUT2D eigenvalue weighted by atomic mass is 35.5. The minimum Gasteiger partial charge on any atom is -0.379 e. The van der Waals surface area contributed by atoms with Crippen LogP contribution in [0.2, 0.25) is 5.02 Å². The van der Waals surface area contributed by atoms with Gasteiger partial charge in [0.25, 0.3) is 11.5 Å². The summed E-state index contributed by atoms with van der Waals surface area (Å²) in [6.07, 6.45) is 6.73. The van der Waals surface area contributed by atoms with Gasteiger partial charge in [-0.3, -0.25) is 18.6 Å². The number of fused-ring (bicyclic) bond motifs is 1. The van der Waals surface area contributed by atoms with E-state index in [1.54, 1.807) is 33.5 Å². The van der Waals surface area contributed by atoms with Gasteiger partial charge in [-0.1, -0.05) is 35.9 Å². The van der Waals surface area contributed by atoms with Crippen LogP contribution in [0.4, 0.5) is 0 Å². The Bertz CT molecular complexity index is 1130. The Morgan fingerprint density at radius 2 is 2.21 bits per heavy atom. The number of imidazole rings is 1. The summed E-state index contributed by atoms with van der Waals surface area (Å²) in [5, 5.41) is 3.45. The summed E-state index contributed by atoms with van der Waals surface area (Å²) in [6.45, 7) is 5.24. The molecule has 0 bridgehead atoms. The summed E-state index contributed by atoms with van der Waals surface area (Å²) < 4.78 is 8.52. The van der Waals surface area contributed by atoms with E-state index in [0.717, 1.165) is 12.8 Å². The van der Waals surface area contributed by atoms with Crippen molar-refractivity contribution in [1.82, 2.24) is 19.3 Å². The molecule has 150 valence electrons. The third kappa shape index (κ3) is 3.83. The number of allylic oxidation sites excluding steroid dienone is 1. The van der Waals surface area contributed by atoms with Gasteiger partial charge in [-0.15, -0.1) is 6.58 Å². The summed E-state index contributed by atoms with van der Waals surface area (Å²) in [7, 11) is 0. The fraction of sp³-hybridized carbons (Fsp3) is 0.286. The highest BCUT2D eigenvalue weighted by molar-refractivity contribution is 6.33. The lowest BCUT2D eigenvalue weighted by Gasteiger charge is -2.22. The van der Waals surface area contributed by atoms with E-state index < -0.39 is 0 Å². The number of nitrogens with zero attached hydrogens (tertiary/aromatic N) is 3. The van der Waals surface area contributed by atoms with Gasteiger partial charge in [0, 0.05) is 36.1 Å². The molecule has 1 aromatic carbocycles. The number of hydrogen-bond acceptors (Lipinski definition) is 4. The summed E-state index contributed by atoms with van der Waals surface area (Å²) in [4.78, 5) is 30.0. The smallest absolute Gasteiger partial charge is 0.295 e. The molecular formula is C21H21ClN4O3. The van der Waals surface area contributed by atoms with Crippen LogP contribution in [-0.2, 0) is 11.3 Å². The van der Waals surface area contributed by atoms with Crippen LogP contribution in [0.25, 0.3) is 16.9 Å². The average molecular weight is 413 g/mol. The van der Waals surface area contributed by atoms with Crippen LogP contribution in [0, 0.1) is 0 Å². The van der Waals surface area contributed by atoms with Gasteiger partial charge < -0.3 is 10.1 Å². The van der Waals surface area contributed by atoms with Crippen LogP contribution in [-0.4, -0.2) is 39.1 Å². The van der Waals surface area contributed by atoms with Gasteiger partial charge in [-0.05, 0) is 18.9 Å². The molecule has 3 heterocycles. The number of carbonyl (C=O) groups excluding carboxylic acids is 1. The minimum absolute atomic E-state index is 0.0443. The first-order valence-electron chi connectivity index (χ1n) is 9.45. The first-order chi connectivity index (χ1) is 14.1. The molecule has 29 heavy (non-hydrogen) atoms. The molecule has 1 aliphatic heterocycles. The van der Waals surface area contributed by atoms with Gasteiger partial charge in [0.1, 0.15) is 5.69 Å². The van der Waals surface area contributed by atoms with E-state index in [2.05, 4.69) is 16.9 Å². The van der Waals surface area contributed by atoms with Gasteiger partial charge in [-0.2, -0.15) is 0 Å². The van der Waals surface area contributed by atoms with E-state index >= 15 is 0 Å². The number of ether oxygens (including phenoxy) is 1. The molecule has 4 rings (SSSR count). The van der Waals surface area contributed by atoms with Crippen molar-refractivity contribution in [2.45, 2.75) is 25.4 Å². The fourth-order valence-corrected chi connectivity index (χ4v) is 3.73. The molecule has 0 radical (unpaired) electrons. The normalized spacial score (nSPS) is 16.7. The zero-order valence-corrected chi connectivity index (χ0v) is 16.6. The van der Waals surface area contributed by atoms with Crippen molar-refractivity contribution < 1.29 is 9.53 Å². The van der Waals surface area contributed by atoms with Gasteiger partial charge >= 0.3 is 0 Å². The van der Waals surface area contributed by atoms with Crippen molar-refractivity contribution >= 4 is 23.2 Å². The summed E-state index contributed by atoms with van der Waals surface area (Å²) in [5.74, 6) is -0.321. The van der Waals surface area contributed by atoms with Crippen LogP contribution in [0.15, 0.2) is 54.1 Å². The van der Waals surface area contributed by atoms with Gasteiger partial charge in [0.05, 0.1) is 18.3 Å². The van der Waals surface area contributed by atoms with Crippen LogP contribution in [0.1, 0.15) is 23.3 Å². The quantitative estimate of drug-likeness (QED) is 0.653. The number of carbonyl (C=O) groups is 1. The second-order valence-corrected chi connectivity index (χ2v) is 7.35. The van der Waals surface area contributed by atoms with Crippen LogP contribution < -0.4 is 10.9 Å². The third-order valence-corrected chi connectivity index (χ3v) is 5.24. The molecule has 8 heteroatoms. The molecule has 1 aliphatic rings. The van der Waals surface area contributed by atoms with Crippen molar-refractivity contribution in [3.63, 3.8) is 0 Å². The molecule has 0 aliphatic carbocycles. The minimum atomic E-state index is -0.321. The predicted octanol–water partition coefficient (Wildman–Crippen LogP) is 2.91. The highest BCUT2D eigenvalue weighted by Crippen LogP contribution is 2.27. The maximum absolute atomic E-state index is 13.1. The van der Waals surface area contributed by atoms with E-state index in [-0.39, 0.29) is 28.8 Å². The molecule has 1 fully saturated rings. The van der Waals surface area contributed by atoms with E-state index in [1.165, 1.54) is 0 Å².